The number of piperazine rings is 1. The van der Waals surface area contributed by atoms with Gasteiger partial charge in [-0.25, -0.2) is 4.79 Å². The number of benzene rings is 2. The van der Waals surface area contributed by atoms with Crippen molar-refractivity contribution in [3.05, 3.63) is 65.7 Å². The summed E-state index contributed by atoms with van der Waals surface area (Å²) in [6.07, 6.45) is 0. The summed E-state index contributed by atoms with van der Waals surface area (Å²) in [6, 6.07) is 16.8. The van der Waals surface area contributed by atoms with Crippen LogP contribution in [0.1, 0.15) is 27.6 Å². The highest BCUT2D eigenvalue weighted by Crippen LogP contribution is 2.23. The van der Waals surface area contributed by atoms with Gasteiger partial charge in [-0.2, -0.15) is 0 Å². The number of para-hydroxylation sites is 1. The minimum absolute atomic E-state index is 0.0546. The molecule has 0 N–H and O–H groups in total. The number of hydrogen-bond donors (Lipinski definition) is 0. The first-order valence-corrected chi connectivity index (χ1v) is 8.56. The maximum Gasteiger partial charge on any atom is 0.340 e. The quantitative estimate of drug-likeness (QED) is 0.805. The van der Waals surface area contributed by atoms with Crippen molar-refractivity contribution in [2.45, 2.75) is 6.92 Å². The van der Waals surface area contributed by atoms with Gasteiger partial charge in [0.05, 0.1) is 17.9 Å². The molecule has 25 heavy (non-hydrogen) atoms. The average molecular weight is 338 g/mol. The SMILES string of the molecule is CCOC(=O)c1ccccc1N1CCN(C(=O)c2ccccc2)CC1. The minimum Gasteiger partial charge on any atom is -0.462 e. The molecule has 1 aliphatic rings. The van der Waals surface area contributed by atoms with E-state index in [1.807, 2.05) is 53.4 Å². The maximum absolute atomic E-state index is 12.5. The predicted molar refractivity (Wildman–Crippen MR) is 97.0 cm³/mol. The molecule has 0 aromatic heterocycles. The largest absolute Gasteiger partial charge is 0.462 e. The lowest BCUT2D eigenvalue weighted by Gasteiger charge is -2.36. The molecule has 0 unspecified atom stereocenters. The lowest BCUT2D eigenvalue weighted by atomic mass is 10.1. The van der Waals surface area contributed by atoms with Crippen LogP contribution in [0.25, 0.3) is 0 Å². The van der Waals surface area contributed by atoms with Gasteiger partial charge in [-0.1, -0.05) is 30.3 Å². The topological polar surface area (TPSA) is 49.9 Å². The van der Waals surface area contributed by atoms with Gasteiger partial charge in [0.25, 0.3) is 5.91 Å². The molecule has 5 nitrogen and oxygen atoms in total. The van der Waals surface area contributed by atoms with Crippen LogP contribution in [0.5, 0.6) is 0 Å². The first-order chi connectivity index (χ1) is 12.2. The van der Waals surface area contributed by atoms with E-state index in [0.29, 0.717) is 43.9 Å². The summed E-state index contributed by atoms with van der Waals surface area (Å²) in [5, 5.41) is 0. The van der Waals surface area contributed by atoms with Gasteiger partial charge < -0.3 is 14.5 Å². The van der Waals surface area contributed by atoms with E-state index in [4.69, 9.17) is 4.74 Å². The zero-order valence-electron chi connectivity index (χ0n) is 14.4. The van der Waals surface area contributed by atoms with Crippen molar-refractivity contribution in [3.8, 4) is 0 Å². The molecule has 0 bridgehead atoms. The number of nitrogens with zero attached hydrogens (tertiary/aromatic N) is 2. The molecule has 1 amide bonds. The fourth-order valence-electron chi connectivity index (χ4n) is 3.04. The Kier molecular flexibility index (Phi) is 5.33. The molecule has 130 valence electrons. The summed E-state index contributed by atoms with van der Waals surface area (Å²) in [7, 11) is 0. The van der Waals surface area contributed by atoms with Gasteiger partial charge in [0.2, 0.25) is 0 Å². The predicted octanol–water partition coefficient (Wildman–Crippen LogP) is 2.83. The first kappa shape index (κ1) is 17.0. The Morgan fingerprint density at radius 2 is 1.56 bits per heavy atom. The second kappa shape index (κ2) is 7.83. The number of ether oxygens (including phenoxy) is 1. The van der Waals surface area contributed by atoms with Crippen LogP contribution in [0.4, 0.5) is 5.69 Å². The maximum atomic E-state index is 12.5. The summed E-state index contributed by atoms with van der Waals surface area (Å²) in [5.74, 6) is -0.250. The van der Waals surface area contributed by atoms with Crippen LogP contribution in [-0.4, -0.2) is 49.6 Å². The molecule has 0 atom stereocenters. The Labute approximate surface area is 147 Å². The molecular weight excluding hydrogens is 316 g/mol. The van der Waals surface area contributed by atoms with Crippen molar-refractivity contribution in [2.75, 3.05) is 37.7 Å². The Balaban J connectivity index is 1.69. The van der Waals surface area contributed by atoms with Gasteiger partial charge in [-0.3, -0.25) is 4.79 Å². The third kappa shape index (κ3) is 3.82. The molecular formula is C20H22N2O3. The number of esters is 1. The van der Waals surface area contributed by atoms with Crippen molar-refractivity contribution in [2.24, 2.45) is 0 Å². The van der Waals surface area contributed by atoms with E-state index in [1.165, 1.54) is 0 Å². The van der Waals surface area contributed by atoms with E-state index in [9.17, 15) is 9.59 Å². The zero-order valence-corrected chi connectivity index (χ0v) is 14.4. The van der Waals surface area contributed by atoms with Crippen LogP contribution in [0, 0.1) is 0 Å². The Morgan fingerprint density at radius 3 is 2.24 bits per heavy atom. The van der Waals surface area contributed by atoms with Crippen molar-refractivity contribution in [1.82, 2.24) is 4.90 Å². The number of carbonyl (C=O) groups is 2. The summed E-state index contributed by atoms with van der Waals surface area (Å²) < 4.78 is 5.15. The number of amides is 1. The fraction of sp³-hybridized carbons (Fsp3) is 0.300. The second-order valence-corrected chi connectivity index (χ2v) is 5.88. The zero-order chi connectivity index (χ0) is 17.6. The highest BCUT2D eigenvalue weighted by Gasteiger charge is 2.24. The van der Waals surface area contributed by atoms with E-state index in [1.54, 1.807) is 13.0 Å². The van der Waals surface area contributed by atoms with E-state index in [-0.39, 0.29) is 11.9 Å². The third-order valence-corrected chi connectivity index (χ3v) is 4.33. The molecule has 0 radical (unpaired) electrons. The summed E-state index contributed by atoms with van der Waals surface area (Å²) in [4.78, 5) is 28.7. The van der Waals surface area contributed by atoms with Crippen molar-refractivity contribution in [1.29, 1.82) is 0 Å². The van der Waals surface area contributed by atoms with Crippen molar-refractivity contribution in [3.63, 3.8) is 0 Å². The Bertz CT molecular complexity index is 738. The summed E-state index contributed by atoms with van der Waals surface area (Å²) >= 11 is 0. The summed E-state index contributed by atoms with van der Waals surface area (Å²) in [5.41, 5.74) is 2.16. The van der Waals surface area contributed by atoms with Crippen molar-refractivity contribution >= 4 is 17.6 Å². The normalized spacial score (nSPS) is 14.3. The molecule has 3 rings (SSSR count). The Hall–Kier alpha value is -2.82. The standard InChI is InChI=1S/C20H22N2O3/c1-2-25-20(24)17-10-6-7-11-18(17)21-12-14-22(15-13-21)19(23)16-8-4-3-5-9-16/h3-11H,2,12-15H2,1H3. The average Bonchev–Trinajstić information content (AvgIpc) is 2.68. The van der Waals surface area contributed by atoms with Crippen LogP contribution < -0.4 is 4.90 Å². The molecule has 2 aromatic rings. The Morgan fingerprint density at radius 1 is 0.920 bits per heavy atom. The van der Waals surface area contributed by atoms with Gasteiger partial charge in [0.1, 0.15) is 0 Å². The van der Waals surface area contributed by atoms with E-state index < -0.39 is 0 Å². The molecule has 1 saturated heterocycles. The first-order valence-electron chi connectivity index (χ1n) is 8.56. The second-order valence-electron chi connectivity index (χ2n) is 5.88. The fourth-order valence-corrected chi connectivity index (χ4v) is 3.04. The van der Waals surface area contributed by atoms with E-state index in [2.05, 4.69) is 4.90 Å². The lowest BCUT2D eigenvalue weighted by molar-refractivity contribution is 0.0526. The van der Waals surface area contributed by atoms with Gasteiger partial charge in [0, 0.05) is 31.7 Å². The van der Waals surface area contributed by atoms with Gasteiger partial charge >= 0.3 is 5.97 Å². The molecule has 5 heteroatoms. The molecule has 1 aliphatic heterocycles. The molecule has 1 fully saturated rings. The van der Waals surface area contributed by atoms with Gasteiger partial charge in [-0.15, -0.1) is 0 Å². The third-order valence-electron chi connectivity index (χ3n) is 4.33. The number of carbonyl (C=O) groups excluding carboxylic acids is 2. The minimum atomic E-state index is -0.305. The highest BCUT2D eigenvalue weighted by atomic mass is 16.5. The molecule has 0 aliphatic carbocycles. The lowest BCUT2D eigenvalue weighted by Crippen LogP contribution is -2.49. The van der Waals surface area contributed by atoms with Crippen LogP contribution >= 0.6 is 0 Å². The molecule has 2 aromatic carbocycles. The van der Waals surface area contributed by atoms with Crippen LogP contribution in [0.2, 0.25) is 0 Å². The highest BCUT2D eigenvalue weighted by molar-refractivity contribution is 5.96. The van der Waals surface area contributed by atoms with E-state index in [0.717, 1.165) is 5.69 Å². The van der Waals surface area contributed by atoms with Gasteiger partial charge in [-0.05, 0) is 31.2 Å². The molecule has 0 saturated carbocycles. The number of anilines is 1. The van der Waals surface area contributed by atoms with Crippen LogP contribution in [0.3, 0.4) is 0 Å². The number of rotatable bonds is 4. The van der Waals surface area contributed by atoms with Crippen LogP contribution in [-0.2, 0) is 4.74 Å². The van der Waals surface area contributed by atoms with Gasteiger partial charge in [0.15, 0.2) is 0 Å². The molecule has 1 heterocycles. The molecule has 0 spiro atoms. The number of hydrogen-bond acceptors (Lipinski definition) is 4. The van der Waals surface area contributed by atoms with E-state index >= 15 is 0 Å². The van der Waals surface area contributed by atoms with Crippen molar-refractivity contribution < 1.29 is 14.3 Å². The summed E-state index contributed by atoms with van der Waals surface area (Å²) in [6.45, 7) is 4.79. The van der Waals surface area contributed by atoms with Crippen LogP contribution in [0.15, 0.2) is 54.6 Å². The smallest absolute Gasteiger partial charge is 0.340 e. The monoisotopic (exact) mass is 338 g/mol.